The molecule has 1 aromatic carbocycles. The number of aliphatic hydroxyl groups is 1. The second-order valence-corrected chi connectivity index (χ2v) is 4.10. The smallest absolute Gasteiger partial charge is 0.0452 e. The van der Waals surface area contributed by atoms with Crippen molar-refractivity contribution in [1.82, 2.24) is 0 Å². The minimum atomic E-state index is 0.249. The standard InChI is InChI=1S/C10H15NOS/c1-8-3-4-9(11)10(7-8)13-6-2-5-12/h3-4,7,12H,2,5-6,11H2,1H3. The van der Waals surface area contributed by atoms with Crippen LogP contribution in [0, 0.1) is 6.92 Å². The van der Waals surface area contributed by atoms with Crippen LogP contribution in [0.4, 0.5) is 5.69 Å². The Hall–Kier alpha value is -0.670. The lowest BCUT2D eigenvalue weighted by atomic mass is 10.2. The van der Waals surface area contributed by atoms with Gasteiger partial charge in [-0.25, -0.2) is 0 Å². The molecule has 72 valence electrons. The zero-order valence-electron chi connectivity index (χ0n) is 7.79. The molecule has 3 N–H and O–H groups in total. The predicted octanol–water partition coefficient (Wildman–Crippen LogP) is 2.05. The highest BCUT2D eigenvalue weighted by molar-refractivity contribution is 7.99. The number of nitrogens with two attached hydrogens (primary N) is 1. The fourth-order valence-electron chi connectivity index (χ4n) is 1.01. The molecule has 0 radical (unpaired) electrons. The molecular weight excluding hydrogens is 182 g/mol. The molecule has 0 atom stereocenters. The van der Waals surface area contributed by atoms with E-state index in [9.17, 15) is 0 Å². The third-order valence-electron chi connectivity index (χ3n) is 1.73. The Balaban J connectivity index is 2.59. The minimum Gasteiger partial charge on any atom is -0.398 e. The van der Waals surface area contributed by atoms with Gasteiger partial charge in [0.15, 0.2) is 0 Å². The summed E-state index contributed by atoms with van der Waals surface area (Å²) in [4.78, 5) is 1.12. The number of hydrogen-bond acceptors (Lipinski definition) is 3. The van der Waals surface area contributed by atoms with Crippen LogP contribution in [0.3, 0.4) is 0 Å². The van der Waals surface area contributed by atoms with Crippen molar-refractivity contribution in [3.05, 3.63) is 23.8 Å². The fourth-order valence-corrected chi connectivity index (χ4v) is 2.01. The normalized spacial score (nSPS) is 10.3. The first-order valence-electron chi connectivity index (χ1n) is 4.34. The number of aliphatic hydroxyl groups excluding tert-OH is 1. The van der Waals surface area contributed by atoms with Crippen molar-refractivity contribution in [1.29, 1.82) is 0 Å². The molecule has 1 rings (SSSR count). The van der Waals surface area contributed by atoms with Gasteiger partial charge in [0.25, 0.3) is 0 Å². The maximum Gasteiger partial charge on any atom is 0.0452 e. The van der Waals surface area contributed by atoms with Crippen molar-refractivity contribution in [2.24, 2.45) is 0 Å². The van der Waals surface area contributed by atoms with E-state index in [2.05, 4.69) is 13.0 Å². The van der Waals surface area contributed by atoms with E-state index in [0.717, 1.165) is 22.8 Å². The average Bonchev–Trinajstić information content (AvgIpc) is 2.11. The predicted molar refractivity (Wildman–Crippen MR) is 58.0 cm³/mol. The molecule has 0 saturated heterocycles. The van der Waals surface area contributed by atoms with Gasteiger partial charge in [-0.1, -0.05) is 6.07 Å². The minimum absolute atomic E-state index is 0.249. The molecule has 0 aliphatic rings. The van der Waals surface area contributed by atoms with E-state index >= 15 is 0 Å². The summed E-state index contributed by atoms with van der Waals surface area (Å²) in [6.07, 6.45) is 0.818. The summed E-state index contributed by atoms with van der Waals surface area (Å²) in [5, 5.41) is 8.62. The molecule has 3 heteroatoms. The van der Waals surface area contributed by atoms with Crippen LogP contribution in [0.5, 0.6) is 0 Å². The zero-order chi connectivity index (χ0) is 9.68. The van der Waals surface area contributed by atoms with Crippen molar-refractivity contribution in [2.45, 2.75) is 18.2 Å². The first-order valence-corrected chi connectivity index (χ1v) is 5.32. The van der Waals surface area contributed by atoms with E-state index < -0.39 is 0 Å². The number of rotatable bonds is 4. The van der Waals surface area contributed by atoms with Crippen LogP contribution in [-0.2, 0) is 0 Å². The van der Waals surface area contributed by atoms with Crippen molar-refractivity contribution in [3.63, 3.8) is 0 Å². The third kappa shape index (κ3) is 3.28. The van der Waals surface area contributed by atoms with Crippen LogP contribution in [-0.4, -0.2) is 17.5 Å². The molecule has 0 heterocycles. The SMILES string of the molecule is Cc1ccc(N)c(SCCCO)c1. The Morgan fingerprint density at radius 2 is 2.23 bits per heavy atom. The molecule has 0 aliphatic carbocycles. The molecule has 0 spiro atoms. The summed E-state index contributed by atoms with van der Waals surface area (Å²) in [6.45, 7) is 2.30. The van der Waals surface area contributed by atoms with Gasteiger partial charge in [0, 0.05) is 22.9 Å². The maximum atomic E-state index is 8.62. The summed E-state index contributed by atoms with van der Waals surface area (Å²) >= 11 is 1.70. The second-order valence-electron chi connectivity index (χ2n) is 2.97. The number of aryl methyl sites for hydroxylation is 1. The molecule has 0 aliphatic heterocycles. The number of hydrogen-bond donors (Lipinski definition) is 2. The van der Waals surface area contributed by atoms with Crippen molar-refractivity contribution in [3.8, 4) is 0 Å². The van der Waals surface area contributed by atoms with E-state index in [-0.39, 0.29) is 6.61 Å². The number of anilines is 1. The van der Waals surface area contributed by atoms with Gasteiger partial charge < -0.3 is 10.8 Å². The number of benzene rings is 1. The zero-order valence-corrected chi connectivity index (χ0v) is 8.60. The summed E-state index contributed by atoms with van der Waals surface area (Å²) in [5.41, 5.74) is 7.84. The van der Waals surface area contributed by atoms with Crippen molar-refractivity contribution >= 4 is 17.4 Å². The van der Waals surface area contributed by atoms with Crippen LogP contribution >= 0.6 is 11.8 Å². The largest absolute Gasteiger partial charge is 0.398 e. The van der Waals surface area contributed by atoms with Crippen molar-refractivity contribution in [2.75, 3.05) is 18.1 Å². The van der Waals surface area contributed by atoms with Gasteiger partial charge in [0.05, 0.1) is 0 Å². The van der Waals surface area contributed by atoms with Crippen molar-refractivity contribution < 1.29 is 5.11 Å². The Morgan fingerprint density at radius 1 is 1.46 bits per heavy atom. The molecule has 1 aromatic rings. The van der Waals surface area contributed by atoms with E-state index in [4.69, 9.17) is 10.8 Å². The summed E-state index contributed by atoms with van der Waals surface area (Å²) in [7, 11) is 0. The van der Waals surface area contributed by atoms with Gasteiger partial charge in [-0.3, -0.25) is 0 Å². The van der Waals surface area contributed by atoms with Gasteiger partial charge in [-0.2, -0.15) is 0 Å². The molecule has 0 fully saturated rings. The first-order chi connectivity index (χ1) is 6.24. The molecule has 0 amide bonds. The lowest BCUT2D eigenvalue weighted by Gasteiger charge is -2.05. The molecule has 0 saturated carbocycles. The molecular formula is C10H15NOS. The fraction of sp³-hybridized carbons (Fsp3) is 0.400. The topological polar surface area (TPSA) is 46.2 Å². The van der Waals surface area contributed by atoms with Gasteiger partial charge in [0.2, 0.25) is 0 Å². The first kappa shape index (κ1) is 10.4. The molecule has 0 aromatic heterocycles. The highest BCUT2D eigenvalue weighted by Crippen LogP contribution is 2.26. The van der Waals surface area contributed by atoms with Crippen LogP contribution in [0.2, 0.25) is 0 Å². The third-order valence-corrected chi connectivity index (χ3v) is 2.89. The Bertz CT molecular complexity index is 276. The van der Waals surface area contributed by atoms with Gasteiger partial charge in [-0.15, -0.1) is 11.8 Å². The van der Waals surface area contributed by atoms with Gasteiger partial charge in [0.1, 0.15) is 0 Å². The van der Waals surface area contributed by atoms with Crippen LogP contribution < -0.4 is 5.73 Å². The molecule has 0 unspecified atom stereocenters. The number of thioether (sulfide) groups is 1. The average molecular weight is 197 g/mol. The lowest BCUT2D eigenvalue weighted by Crippen LogP contribution is -1.91. The summed E-state index contributed by atoms with van der Waals surface area (Å²) < 4.78 is 0. The summed E-state index contributed by atoms with van der Waals surface area (Å²) in [6, 6.07) is 6.01. The molecule has 0 bridgehead atoms. The maximum absolute atomic E-state index is 8.62. The van der Waals surface area contributed by atoms with Crippen LogP contribution in [0.1, 0.15) is 12.0 Å². The van der Waals surface area contributed by atoms with Gasteiger partial charge in [-0.05, 0) is 31.0 Å². The number of nitrogen functional groups attached to an aromatic ring is 1. The van der Waals surface area contributed by atoms with E-state index in [1.54, 1.807) is 11.8 Å². The van der Waals surface area contributed by atoms with E-state index in [0.29, 0.717) is 0 Å². The summed E-state index contributed by atoms with van der Waals surface area (Å²) in [5.74, 6) is 0.921. The molecule has 2 nitrogen and oxygen atoms in total. The highest BCUT2D eigenvalue weighted by Gasteiger charge is 1.99. The van der Waals surface area contributed by atoms with Crippen LogP contribution in [0.15, 0.2) is 23.1 Å². The monoisotopic (exact) mass is 197 g/mol. The van der Waals surface area contributed by atoms with E-state index in [1.165, 1.54) is 5.56 Å². The van der Waals surface area contributed by atoms with Gasteiger partial charge >= 0.3 is 0 Å². The Labute approximate surface area is 83.1 Å². The Morgan fingerprint density at radius 3 is 2.92 bits per heavy atom. The van der Waals surface area contributed by atoms with Crippen LogP contribution in [0.25, 0.3) is 0 Å². The molecule has 13 heavy (non-hydrogen) atoms. The highest BCUT2D eigenvalue weighted by atomic mass is 32.2. The lowest BCUT2D eigenvalue weighted by molar-refractivity contribution is 0.296. The quantitative estimate of drug-likeness (QED) is 0.441. The van der Waals surface area contributed by atoms with E-state index in [1.807, 2.05) is 12.1 Å². The second kappa shape index (κ2) is 5.14. The Kier molecular flexibility index (Phi) is 4.12.